The standard InChI is InChI=1S/C16H14N4O3S/c1-22-12-6-2-3-7-13(12)23-14-11(5-4-8-17-14)19-15(21)20-16-18-9-10-24-16/h2-10H,1H3,(H2,18,19,20,21). The first-order chi connectivity index (χ1) is 11.8. The zero-order valence-corrected chi connectivity index (χ0v) is 13.5. The molecule has 2 heterocycles. The van der Waals surface area contributed by atoms with E-state index < -0.39 is 6.03 Å². The number of benzene rings is 1. The molecular formula is C16H14N4O3S. The number of thiazole rings is 1. The molecule has 0 aliphatic carbocycles. The molecule has 0 fully saturated rings. The lowest BCUT2D eigenvalue weighted by molar-refractivity contribution is 0.262. The third-order valence-electron chi connectivity index (χ3n) is 2.95. The highest BCUT2D eigenvalue weighted by Gasteiger charge is 2.12. The Bertz CT molecular complexity index is 824. The first-order valence-corrected chi connectivity index (χ1v) is 7.87. The highest BCUT2D eigenvalue weighted by atomic mass is 32.1. The Hall–Kier alpha value is -3.13. The van der Waals surface area contributed by atoms with E-state index >= 15 is 0 Å². The molecule has 3 aromatic rings. The first kappa shape index (κ1) is 15.8. The highest BCUT2D eigenvalue weighted by Crippen LogP contribution is 2.33. The van der Waals surface area contributed by atoms with Crippen molar-refractivity contribution in [2.45, 2.75) is 0 Å². The van der Waals surface area contributed by atoms with E-state index in [9.17, 15) is 4.79 Å². The molecule has 8 heteroatoms. The summed E-state index contributed by atoms with van der Waals surface area (Å²) in [6.07, 6.45) is 3.19. The molecule has 1 aromatic carbocycles. The third kappa shape index (κ3) is 3.79. The lowest BCUT2D eigenvalue weighted by atomic mass is 10.3. The molecule has 0 spiro atoms. The van der Waals surface area contributed by atoms with Gasteiger partial charge in [-0.3, -0.25) is 5.32 Å². The van der Waals surface area contributed by atoms with Gasteiger partial charge in [0.2, 0.25) is 5.88 Å². The summed E-state index contributed by atoms with van der Waals surface area (Å²) in [5.41, 5.74) is 0.428. The van der Waals surface area contributed by atoms with E-state index in [2.05, 4.69) is 20.6 Å². The first-order valence-electron chi connectivity index (χ1n) is 6.99. The maximum absolute atomic E-state index is 12.0. The van der Waals surface area contributed by atoms with Gasteiger partial charge >= 0.3 is 6.03 Å². The Labute approximate surface area is 142 Å². The lowest BCUT2D eigenvalue weighted by Gasteiger charge is -2.13. The molecular weight excluding hydrogens is 328 g/mol. The van der Waals surface area contributed by atoms with Gasteiger partial charge in [0.05, 0.1) is 7.11 Å². The van der Waals surface area contributed by atoms with E-state index in [0.717, 1.165) is 0 Å². The predicted octanol–water partition coefficient (Wildman–Crippen LogP) is 3.98. The van der Waals surface area contributed by atoms with Gasteiger partial charge in [0.25, 0.3) is 0 Å². The second kappa shape index (κ2) is 7.42. The van der Waals surface area contributed by atoms with Crippen LogP contribution in [0.1, 0.15) is 0 Å². The number of anilines is 2. The molecule has 2 amide bonds. The van der Waals surface area contributed by atoms with Crippen molar-refractivity contribution in [3.8, 4) is 17.4 Å². The number of hydrogen-bond donors (Lipinski definition) is 2. The zero-order valence-electron chi connectivity index (χ0n) is 12.7. The van der Waals surface area contributed by atoms with Crippen molar-refractivity contribution in [2.24, 2.45) is 0 Å². The average Bonchev–Trinajstić information content (AvgIpc) is 3.10. The molecule has 0 saturated heterocycles. The van der Waals surface area contributed by atoms with Gasteiger partial charge in [0, 0.05) is 17.8 Å². The molecule has 0 unspecified atom stereocenters. The number of hydrogen-bond acceptors (Lipinski definition) is 6. The monoisotopic (exact) mass is 342 g/mol. The van der Waals surface area contributed by atoms with Crippen molar-refractivity contribution in [2.75, 3.05) is 17.7 Å². The number of pyridine rings is 1. The predicted molar refractivity (Wildman–Crippen MR) is 92.1 cm³/mol. The van der Waals surface area contributed by atoms with Gasteiger partial charge in [0.1, 0.15) is 5.69 Å². The molecule has 0 aliphatic rings. The number of carbonyl (C=O) groups excluding carboxylic acids is 1. The minimum absolute atomic E-state index is 0.260. The van der Waals surface area contributed by atoms with Crippen molar-refractivity contribution < 1.29 is 14.3 Å². The summed E-state index contributed by atoms with van der Waals surface area (Å²) in [6, 6.07) is 10.2. The number of aromatic nitrogens is 2. The van der Waals surface area contributed by atoms with Crippen LogP contribution >= 0.6 is 11.3 Å². The molecule has 0 saturated carbocycles. The van der Waals surface area contributed by atoms with E-state index in [1.54, 1.807) is 49.1 Å². The number of ether oxygens (including phenoxy) is 2. The Morgan fingerprint density at radius 3 is 2.62 bits per heavy atom. The Kier molecular flexibility index (Phi) is 4.87. The molecule has 2 aromatic heterocycles. The van der Waals surface area contributed by atoms with E-state index in [1.807, 2.05) is 12.1 Å². The largest absolute Gasteiger partial charge is 0.493 e. The Balaban J connectivity index is 1.76. The molecule has 2 N–H and O–H groups in total. The second-order valence-corrected chi connectivity index (χ2v) is 5.42. The molecule has 7 nitrogen and oxygen atoms in total. The molecule has 0 atom stereocenters. The number of methoxy groups -OCH3 is 1. The number of amides is 2. The van der Waals surface area contributed by atoms with Crippen LogP contribution in [0.5, 0.6) is 17.4 Å². The van der Waals surface area contributed by atoms with Crippen molar-refractivity contribution in [3.05, 3.63) is 54.2 Å². The normalized spacial score (nSPS) is 10.0. The number of nitrogens with one attached hydrogen (secondary N) is 2. The third-order valence-corrected chi connectivity index (χ3v) is 3.64. The summed E-state index contributed by atoms with van der Waals surface area (Å²) in [6.45, 7) is 0. The van der Waals surface area contributed by atoms with E-state index in [0.29, 0.717) is 22.3 Å². The van der Waals surface area contributed by atoms with E-state index in [4.69, 9.17) is 9.47 Å². The number of carbonyl (C=O) groups is 1. The number of rotatable bonds is 5. The van der Waals surface area contributed by atoms with Gasteiger partial charge in [-0.25, -0.2) is 14.8 Å². The van der Waals surface area contributed by atoms with Gasteiger partial charge < -0.3 is 14.8 Å². The fraction of sp³-hybridized carbons (Fsp3) is 0.0625. The van der Waals surface area contributed by atoms with Crippen LogP contribution in [0.3, 0.4) is 0 Å². The number of para-hydroxylation sites is 2. The van der Waals surface area contributed by atoms with Crippen LogP contribution in [0.15, 0.2) is 54.2 Å². The van der Waals surface area contributed by atoms with Crippen LogP contribution in [0.2, 0.25) is 0 Å². The van der Waals surface area contributed by atoms with Crippen molar-refractivity contribution in [3.63, 3.8) is 0 Å². The average molecular weight is 342 g/mol. The van der Waals surface area contributed by atoms with Crippen LogP contribution < -0.4 is 20.1 Å². The van der Waals surface area contributed by atoms with Crippen LogP contribution in [-0.2, 0) is 0 Å². The summed E-state index contributed by atoms with van der Waals surface area (Å²) >= 11 is 1.33. The Morgan fingerprint density at radius 2 is 1.88 bits per heavy atom. The summed E-state index contributed by atoms with van der Waals surface area (Å²) in [4.78, 5) is 20.2. The number of nitrogens with zero attached hydrogens (tertiary/aromatic N) is 2. The van der Waals surface area contributed by atoms with Crippen LogP contribution in [0.4, 0.5) is 15.6 Å². The molecule has 3 rings (SSSR count). The maximum atomic E-state index is 12.0. The van der Waals surface area contributed by atoms with Crippen molar-refractivity contribution in [1.82, 2.24) is 9.97 Å². The fourth-order valence-electron chi connectivity index (χ4n) is 1.91. The van der Waals surface area contributed by atoms with Crippen molar-refractivity contribution >= 4 is 28.2 Å². The quantitative estimate of drug-likeness (QED) is 0.732. The SMILES string of the molecule is COc1ccccc1Oc1ncccc1NC(=O)Nc1nccs1. The molecule has 24 heavy (non-hydrogen) atoms. The highest BCUT2D eigenvalue weighted by molar-refractivity contribution is 7.13. The van der Waals surface area contributed by atoms with Gasteiger partial charge in [-0.15, -0.1) is 11.3 Å². The van der Waals surface area contributed by atoms with Crippen LogP contribution in [-0.4, -0.2) is 23.1 Å². The topological polar surface area (TPSA) is 85.4 Å². The number of urea groups is 1. The summed E-state index contributed by atoms with van der Waals surface area (Å²) in [7, 11) is 1.56. The minimum atomic E-state index is -0.428. The Morgan fingerprint density at radius 1 is 1.04 bits per heavy atom. The second-order valence-electron chi connectivity index (χ2n) is 4.53. The molecule has 0 bridgehead atoms. The van der Waals surface area contributed by atoms with Gasteiger partial charge in [0.15, 0.2) is 16.6 Å². The minimum Gasteiger partial charge on any atom is -0.493 e. The van der Waals surface area contributed by atoms with Crippen molar-refractivity contribution in [1.29, 1.82) is 0 Å². The summed E-state index contributed by atoms with van der Waals surface area (Å²) in [5.74, 6) is 1.33. The smallest absolute Gasteiger partial charge is 0.325 e. The fourth-order valence-corrected chi connectivity index (χ4v) is 2.43. The molecule has 122 valence electrons. The molecule has 0 aliphatic heterocycles. The summed E-state index contributed by atoms with van der Waals surface area (Å²) < 4.78 is 11.0. The van der Waals surface area contributed by atoms with Crippen LogP contribution in [0.25, 0.3) is 0 Å². The molecule has 0 radical (unpaired) electrons. The maximum Gasteiger partial charge on any atom is 0.325 e. The lowest BCUT2D eigenvalue weighted by Crippen LogP contribution is -2.19. The van der Waals surface area contributed by atoms with E-state index in [-0.39, 0.29) is 5.88 Å². The van der Waals surface area contributed by atoms with E-state index in [1.165, 1.54) is 11.3 Å². The zero-order chi connectivity index (χ0) is 16.8. The van der Waals surface area contributed by atoms with Gasteiger partial charge in [-0.2, -0.15) is 0 Å². The summed E-state index contributed by atoms with van der Waals surface area (Å²) in [5, 5.41) is 7.61. The van der Waals surface area contributed by atoms with Gasteiger partial charge in [-0.05, 0) is 24.3 Å². The van der Waals surface area contributed by atoms with Crippen LogP contribution in [0, 0.1) is 0 Å². The van der Waals surface area contributed by atoms with Gasteiger partial charge in [-0.1, -0.05) is 12.1 Å².